The maximum atomic E-state index is 12.8. The highest BCUT2D eigenvalue weighted by Crippen LogP contribution is 2.40. The molecular formula is C21H21N3O2. The molecule has 3 aromatic rings. The average Bonchev–Trinajstić information content (AvgIpc) is 2.99. The third-order valence-corrected chi connectivity index (χ3v) is 4.81. The Hall–Kier alpha value is -3.08. The number of para-hydroxylation sites is 2. The van der Waals surface area contributed by atoms with E-state index >= 15 is 0 Å². The smallest absolute Gasteiger partial charge is 0.338 e. The Bertz CT molecular complexity index is 1030. The number of fused-ring (bicyclic) bond motifs is 3. The Morgan fingerprint density at radius 2 is 1.88 bits per heavy atom. The van der Waals surface area contributed by atoms with E-state index in [1.807, 2.05) is 50.2 Å². The van der Waals surface area contributed by atoms with Crippen molar-refractivity contribution < 1.29 is 9.53 Å². The molecule has 0 fully saturated rings. The number of hydrogen-bond acceptors (Lipinski definition) is 4. The Labute approximate surface area is 152 Å². The topological polar surface area (TPSA) is 56.1 Å². The first-order valence-electron chi connectivity index (χ1n) is 8.79. The fourth-order valence-electron chi connectivity index (χ4n) is 3.62. The molecule has 0 bridgehead atoms. The summed E-state index contributed by atoms with van der Waals surface area (Å²) in [5.74, 6) is 0.444. The number of hydrogen-bond donors (Lipinski definition) is 1. The number of anilines is 1. The van der Waals surface area contributed by atoms with Crippen LogP contribution in [0.2, 0.25) is 0 Å². The van der Waals surface area contributed by atoms with Crippen LogP contribution in [0.4, 0.5) is 5.95 Å². The quantitative estimate of drug-likeness (QED) is 0.722. The van der Waals surface area contributed by atoms with E-state index in [2.05, 4.69) is 28.9 Å². The summed E-state index contributed by atoms with van der Waals surface area (Å²) >= 11 is 0. The zero-order valence-corrected chi connectivity index (χ0v) is 15.1. The number of carbonyl (C=O) groups is 1. The molecular weight excluding hydrogens is 326 g/mol. The predicted molar refractivity (Wildman–Crippen MR) is 102 cm³/mol. The second kappa shape index (κ2) is 6.33. The van der Waals surface area contributed by atoms with E-state index in [4.69, 9.17) is 9.72 Å². The molecule has 0 radical (unpaired) electrons. The number of imidazole rings is 1. The number of ether oxygens (including phenoxy) is 1. The van der Waals surface area contributed by atoms with Crippen molar-refractivity contribution in [1.82, 2.24) is 9.55 Å². The Morgan fingerprint density at radius 3 is 2.65 bits per heavy atom. The van der Waals surface area contributed by atoms with E-state index in [-0.39, 0.29) is 12.0 Å². The fourth-order valence-corrected chi connectivity index (χ4v) is 3.62. The van der Waals surface area contributed by atoms with Gasteiger partial charge in [-0.1, -0.05) is 36.4 Å². The second-order valence-corrected chi connectivity index (χ2v) is 6.44. The van der Waals surface area contributed by atoms with E-state index < -0.39 is 0 Å². The lowest BCUT2D eigenvalue weighted by atomic mass is 9.92. The molecule has 1 aliphatic heterocycles. The predicted octanol–water partition coefficient (Wildman–Crippen LogP) is 4.20. The summed E-state index contributed by atoms with van der Waals surface area (Å²) in [5, 5.41) is 3.29. The molecule has 1 atom stereocenters. The van der Waals surface area contributed by atoms with Gasteiger partial charge >= 0.3 is 5.97 Å². The van der Waals surface area contributed by atoms with E-state index in [0.29, 0.717) is 12.2 Å². The maximum Gasteiger partial charge on any atom is 0.338 e. The zero-order valence-electron chi connectivity index (χ0n) is 15.1. The number of aromatic nitrogens is 2. The molecule has 0 saturated carbocycles. The summed E-state index contributed by atoms with van der Waals surface area (Å²) in [6.07, 6.45) is 0. The van der Waals surface area contributed by atoms with Crippen molar-refractivity contribution in [2.45, 2.75) is 26.8 Å². The average molecular weight is 347 g/mol. The Balaban J connectivity index is 2.01. The van der Waals surface area contributed by atoms with Crippen molar-refractivity contribution in [2.75, 3.05) is 11.9 Å². The van der Waals surface area contributed by atoms with Crippen molar-refractivity contribution >= 4 is 23.0 Å². The number of esters is 1. The third kappa shape index (κ3) is 2.47. The van der Waals surface area contributed by atoms with Crippen LogP contribution in [0, 0.1) is 6.92 Å². The van der Waals surface area contributed by atoms with Crippen molar-refractivity contribution in [3.05, 3.63) is 70.9 Å². The first-order valence-corrected chi connectivity index (χ1v) is 8.79. The van der Waals surface area contributed by atoms with Gasteiger partial charge in [0.2, 0.25) is 5.95 Å². The number of rotatable bonds is 3. The number of carbonyl (C=O) groups excluding carboxylic acids is 1. The molecule has 2 heterocycles. The van der Waals surface area contributed by atoms with Gasteiger partial charge in [-0.05, 0) is 44.0 Å². The van der Waals surface area contributed by atoms with E-state index in [9.17, 15) is 4.79 Å². The van der Waals surface area contributed by atoms with Gasteiger partial charge in [-0.15, -0.1) is 0 Å². The Kier molecular flexibility index (Phi) is 3.99. The summed E-state index contributed by atoms with van der Waals surface area (Å²) in [6, 6.07) is 15.8. The molecule has 5 nitrogen and oxygen atoms in total. The molecule has 132 valence electrons. The molecule has 0 unspecified atom stereocenters. The van der Waals surface area contributed by atoms with Gasteiger partial charge < -0.3 is 10.1 Å². The van der Waals surface area contributed by atoms with Gasteiger partial charge in [0.1, 0.15) is 0 Å². The van der Waals surface area contributed by atoms with Crippen LogP contribution < -0.4 is 5.32 Å². The minimum atomic E-state index is -0.297. The molecule has 0 spiro atoms. The summed E-state index contributed by atoms with van der Waals surface area (Å²) in [6.45, 7) is 6.13. The lowest BCUT2D eigenvalue weighted by Crippen LogP contribution is -2.29. The van der Waals surface area contributed by atoms with Crippen LogP contribution in [0.25, 0.3) is 11.0 Å². The number of aryl methyl sites for hydroxylation is 1. The summed E-state index contributed by atoms with van der Waals surface area (Å²) in [5.41, 5.74) is 5.47. The van der Waals surface area contributed by atoms with Crippen LogP contribution >= 0.6 is 0 Å². The van der Waals surface area contributed by atoms with Crippen LogP contribution in [0.5, 0.6) is 0 Å². The SMILES string of the molecule is CCOC(=O)C1=C(C)Nc2nc3ccccc3n2[C@@H]1c1ccccc1C. The fraction of sp³-hybridized carbons (Fsp3) is 0.238. The summed E-state index contributed by atoms with van der Waals surface area (Å²) in [7, 11) is 0. The van der Waals surface area contributed by atoms with Crippen LogP contribution in [-0.2, 0) is 9.53 Å². The lowest BCUT2D eigenvalue weighted by Gasteiger charge is -2.31. The van der Waals surface area contributed by atoms with Gasteiger partial charge in [0.25, 0.3) is 0 Å². The minimum absolute atomic E-state index is 0.279. The van der Waals surface area contributed by atoms with Gasteiger partial charge in [0.05, 0.1) is 29.3 Å². The van der Waals surface area contributed by atoms with Gasteiger partial charge in [0, 0.05) is 5.70 Å². The van der Waals surface area contributed by atoms with Gasteiger partial charge in [0.15, 0.2) is 0 Å². The standard InChI is InChI=1S/C21H21N3O2/c1-4-26-20(25)18-14(3)22-21-23-16-11-7-8-12-17(16)24(21)19(18)15-10-6-5-9-13(15)2/h5-12,19H,4H2,1-3H3,(H,22,23)/t19-/m1/s1. The van der Waals surface area contributed by atoms with Crippen molar-refractivity contribution in [2.24, 2.45) is 0 Å². The number of allylic oxidation sites excluding steroid dienone is 1. The number of benzene rings is 2. The van der Waals surface area contributed by atoms with Crippen molar-refractivity contribution in [1.29, 1.82) is 0 Å². The molecule has 0 aliphatic carbocycles. The first-order chi connectivity index (χ1) is 12.6. The zero-order chi connectivity index (χ0) is 18.3. The molecule has 2 aromatic carbocycles. The molecule has 4 rings (SSSR count). The van der Waals surface area contributed by atoms with Crippen LogP contribution in [0.3, 0.4) is 0 Å². The van der Waals surface area contributed by atoms with Crippen molar-refractivity contribution in [3.8, 4) is 0 Å². The molecule has 0 amide bonds. The normalized spacial score (nSPS) is 16.3. The van der Waals surface area contributed by atoms with Crippen LogP contribution in [0.1, 0.15) is 31.0 Å². The highest BCUT2D eigenvalue weighted by atomic mass is 16.5. The van der Waals surface area contributed by atoms with Gasteiger partial charge in [-0.3, -0.25) is 4.57 Å². The monoisotopic (exact) mass is 347 g/mol. The molecule has 1 aliphatic rings. The van der Waals surface area contributed by atoms with E-state index in [1.165, 1.54) is 0 Å². The van der Waals surface area contributed by atoms with Gasteiger partial charge in [-0.25, -0.2) is 9.78 Å². The van der Waals surface area contributed by atoms with Crippen LogP contribution in [0.15, 0.2) is 59.8 Å². The largest absolute Gasteiger partial charge is 0.463 e. The molecule has 0 saturated heterocycles. The molecule has 5 heteroatoms. The molecule has 1 aromatic heterocycles. The number of nitrogens with zero attached hydrogens (tertiary/aromatic N) is 2. The van der Waals surface area contributed by atoms with Crippen LogP contribution in [-0.4, -0.2) is 22.1 Å². The first kappa shape index (κ1) is 16.4. The number of nitrogens with one attached hydrogen (secondary N) is 1. The third-order valence-electron chi connectivity index (χ3n) is 4.81. The minimum Gasteiger partial charge on any atom is -0.463 e. The highest BCUT2D eigenvalue weighted by Gasteiger charge is 2.35. The van der Waals surface area contributed by atoms with Crippen molar-refractivity contribution in [3.63, 3.8) is 0 Å². The molecule has 26 heavy (non-hydrogen) atoms. The van der Waals surface area contributed by atoms with E-state index in [1.54, 1.807) is 0 Å². The highest BCUT2D eigenvalue weighted by molar-refractivity contribution is 5.94. The Morgan fingerprint density at radius 1 is 1.15 bits per heavy atom. The van der Waals surface area contributed by atoms with Gasteiger partial charge in [-0.2, -0.15) is 0 Å². The second-order valence-electron chi connectivity index (χ2n) is 6.44. The lowest BCUT2D eigenvalue weighted by molar-refractivity contribution is -0.139. The van der Waals surface area contributed by atoms with E-state index in [0.717, 1.165) is 33.8 Å². The summed E-state index contributed by atoms with van der Waals surface area (Å²) < 4.78 is 7.47. The maximum absolute atomic E-state index is 12.8. The molecule has 1 N–H and O–H groups in total. The summed E-state index contributed by atoms with van der Waals surface area (Å²) in [4.78, 5) is 17.5.